The summed E-state index contributed by atoms with van der Waals surface area (Å²) in [7, 11) is 0. The molecule has 1 N–H and O–H groups in total. The minimum Gasteiger partial charge on any atom is -0.326 e. The van der Waals surface area contributed by atoms with Crippen LogP contribution < -0.4 is 5.32 Å². The van der Waals surface area contributed by atoms with Crippen molar-refractivity contribution in [3.8, 4) is 0 Å². The topological polar surface area (TPSA) is 66.5 Å². The van der Waals surface area contributed by atoms with Gasteiger partial charge in [-0.2, -0.15) is 0 Å². The molecule has 1 aliphatic rings. The van der Waals surface area contributed by atoms with E-state index in [0.717, 1.165) is 11.3 Å². The summed E-state index contributed by atoms with van der Waals surface area (Å²) in [5, 5.41) is 3.01. The molecule has 1 heterocycles. The van der Waals surface area contributed by atoms with Crippen LogP contribution in [0.5, 0.6) is 0 Å². The van der Waals surface area contributed by atoms with Crippen molar-refractivity contribution in [1.29, 1.82) is 0 Å². The Morgan fingerprint density at radius 1 is 1.08 bits per heavy atom. The molecule has 2 aromatic carbocycles. The fourth-order valence-corrected chi connectivity index (χ4v) is 3.01. The zero-order valence-corrected chi connectivity index (χ0v) is 14.5. The molecule has 0 saturated heterocycles. The van der Waals surface area contributed by atoms with Crippen molar-refractivity contribution in [2.45, 2.75) is 19.8 Å². The predicted octanol–water partition coefficient (Wildman–Crippen LogP) is 3.53. The lowest BCUT2D eigenvalue weighted by Crippen LogP contribution is -2.32. The van der Waals surface area contributed by atoms with Crippen LogP contribution in [-0.4, -0.2) is 29.2 Å². The van der Waals surface area contributed by atoms with E-state index < -0.39 is 11.8 Å². The third-order valence-electron chi connectivity index (χ3n) is 4.16. The lowest BCUT2D eigenvalue weighted by atomic mass is 10.1. The third kappa shape index (κ3) is 3.42. The van der Waals surface area contributed by atoms with Crippen molar-refractivity contribution >= 4 is 35.0 Å². The summed E-state index contributed by atoms with van der Waals surface area (Å²) in [5.41, 5.74) is 2.37. The number of hydrogen-bond acceptors (Lipinski definition) is 3. The van der Waals surface area contributed by atoms with E-state index in [-0.39, 0.29) is 35.0 Å². The third-order valence-corrected chi connectivity index (χ3v) is 4.47. The maximum absolute atomic E-state index is 12.4. The summed E-state index contributed by atoms with van der Waals surface area (Å²) >= 11 is 6.01. The van der Waals surface area contributed by atoms with E-state index in [4.69, 9.17) is 11.6 Å². The summed E-state index contributed by atoms with van der Waals surface area (Å²) in [6.07, 6.45) is 0.954. The van der Waals surface area contributed by atoms with E-state index >= 15 is 0 Å². The molecule has 1 aliphatic heterocycles. The van der Waals surface area contributed by atoms with Crippen molar-refractivity contribution in [3.63, 3.8) is 0 Å². The van der Waals surface area contributed by atoms with Crippen LogP contribution in [0.3, 0.4) is 0 Å². The van der Waals surface area contributed by atoms with Crippen LogP contribution in [0, 0.1) is 0 Å². The van der Waals surface area contributed by atoms with Gasteiger partial charge in [0.2, 0.25) is 5.91 Å². The Kier molecular flexibility index (Phi) is 4.86. The molecule has 0 fully saturated rings. The molecule has 0 atom stereocenters. The predicted molar refractivity (Wildman–Crippen MR) is 95.9 cm³/mol. The first-order valence-corrected chi connectivity index (χ1v) is 8.42. The molecule has 0 saturated carbocycles. The average molecular weight is 357 g/mol. The number of halogens is 1. The second-order valence-corrected chi connectivity index (χ2v) is 6.18. The number of benzene rings is 2. The standard InChI is InChI=1S/C19H17ClN2O3/c1-2-12-6-8-13(9-7-12)21-16(23)10-11-22-18(24)14-4-3-5-15(20)17(14)19(22)25/h3-9H,2,10-11H2,1H3,(H,21,23). The zero-order chi connectivity index (χ0) is 18.0. The average Bonchev–Trinajstić information content (AvgIpc) is 2.86. The van der Waals surface area contributed by atoms with Crippen molar-refractivity contribution in [2.75, 3.05) is 11.9 Å². The summed E-state index contributed by atoms with van der Waals surface area (Å²) in [4.78, 5) is 37.8. The fraction of sp³-hybridized carbons (Fsp3) is 0.211. The fourth-order valence-electron chi connectivity index (χ4n) is 2.76. The largest absolute Gasteiger partial charge is 0.326 e. The van der Waals surface area contributed by atoms with Gasteiger partial charge in [0.15, 0.2) is 0 Å². The molecular weight excluding hydrogens is 340 g/mol. The van der Waals surface area contributed by atoms with Gasteiger partial charge in [0, 0.05) is 18.7 Å². The summed E-state index contributed by atoms with van der Waals surface area (Å²) in [6, 6.07) is 12.3. The van der Waals surface area contributed by atoms with Crippen molar-refractivity contribution in [1.82, 2.24) is 4.90 Å². The molecule has 2 aromatic rings. The molecule has 5 nitrogen and oxygen atoms in total. The van der Waals surface area contributed by atoms with E-state index in [1.807, 2.05) is 24.3 Å². The van der Waals surface area contributed by atoms with E-state index in [9.17, 15) is 14.4 Å². The lowest BCUT2D eigenvalue weighted by Gasteiger charge is -2.13. The number of amides is 3. The molecule has 0 aromatic heterocycles. The van der Waals surface area contributed by atoms with Crippen molar-refractivity contribution < 1.29 is 14.4 Å². The number of rotatable bonds is 5. The Labute approximate surface area is 150 Å². The van der Waals surface area contributed by atoms with Gasteiger partial charge in [-0.05, 0) is 36.2 Å². The van der Waals surface area contributed by atoms with E-state index in [1.54, 1.807) is 18.2 Å². The molecular formula is C19H17ClN2O3. The van der Waals surface area contributed by atoms with Gasteiger partial charge < -0.3 is 5.32 Å². The normalized spacial score (nSPS) is 13.1. The minimum absolute atomic E-state index is 0.0154. The molecule has 0 aliphatic carbocycles. The van der Waals surface area contributed by atoms with Gasteiger partial charge in [-0.25, -0.2) is 0 Å². The Morgan fingerprint density at radius 3 is 2.44 bits per heavy atom. The molecule has 6 heteroatoms. The number of hydrogen-bond donors (Lipinski definition) is 1. The van der Waals surface area contributed by atoms with E-state index in [2.05, 4.69) is 12.2 Å². The van der Waals surface area contributed by atoms with Gasteiger partial charge >= 0.3 is 0 Å². The van der Waals surface area contributed by atoms with Gasteiger partial charge in [0.25, 0.3) is 11.8 Å². The van der Waals surface area contributed by atoms with Gasteiger partial charge in [-0.3, -0.25) is 19.3 Å². The minimum atomic E-state index is -0.453. The van der Waals surface area contributed by atoms with Crippen LogP contribution in [-0.2, 0) is 11.2 Å². The zero-order valence-electron chi connectivity index (χ0n) is 13.7. The van der Waals surface area contributed by atoms with Gasteiger partial charge in [0.1, 0.15) is 0 Å². The first-order valence-electron chi connectivity index (χ1n) is 8.04. The monoisotopic (exact) mass is 356 g/mol. The van der Waals surface area contributed by atoms with Crippen LogP contribution in [0.2, 0.25) is 5.02 Å². The smallest absolute Gasteiger partial charge is 0.263 e. The number of anilines is 1. The lowest BCUT2D eigenvalue weighted by molar-refractivity contribution is -0.116. The SMILES string of the molecule is CCc1ccc(NC(=O)CCN2C(=O)c3cccc(Cl)c3C2=O)cc1. The number of aryl methyl sites for hydroxylation is 1. The molecule has 0 spiro atoms. The number of nitrogens with zero attached hydrogens (tertiary/aromatic N) is 1. The van der Waals surface area contributed by atoms with Crippen LogP contribution in [0.1, 0.15) is 39.6 Å². The molecule has 0 bridgehead atoms. The Hall–Kier alpha value is -2.66. The summed E-state index contributed by atoms with van der Waals surface area (Å²) in [6.45, 7) is 2.07. The number of nitrogens with one attached hydrogen (secondary N) is 1. The van der Waals surface area contributed by atoms with Crippen molar-refractivity contribution in [2.24, 2.45) is 0 Å². The number of carbonyl (C=O) groups excluding carboxylic acids is 3. The highest BCUT2D eigenvalue weighted by atomic mass is 35.5. The number of fused-ring (bicyclic) bond motifs is 1. The molecule has 128 valence electrons. The Balaban J connectivity index is 1.62. The molecule has 0 unspecified atom stereocenters. The van der Waals surface area contributed by atoms with Crippen LogP contribution >= 0.6 is 11.6 Å². The van der Waals surface area contributed by atoms with Gasteiger partial charge in [-0.1, -0.05) is 36.7 Å². The summed E-state index contributed by atoms with van der Waals surface area (Å²) in [5.74, 6) is -1.12. The van der Waals surface area contributed by atoms with Crippen molar-refractivity contribution in [3.05, 3.63) is 64.2 Å². The Bertz CT molecular complexity index is 846. The van der Waals surface area contributed by atoms with Crippen LogP contribution in [0.4, 0.5) is 5.69 Å². The van der Waals surface area contributed by atoms with Crippen LogP contribution in [0.25, 0.3) is 0 Å². The number of carbonyl (C=O) groups is 3. The Morgan fingerprint density at radius 2 is 1.80 bits per heavy atom. The van der Waals surface area contributed by atoms with Gasteiger partial charge in [-0.15, -0.1) is 0 Å². The highest BCUT2D eigenvalue weighted by Gasteiger charge is 2.36. The number of imide groups is 1. The quantitative estimate of drug-likeness (QED) is 0.833. The van der Waals surface area contributed by atoms with E-state index in [1.165, 1.54) is 5.56 Å². The molecule has 3 rings (SSSR count). The second-order valence-electron chi connectivity index (χ2n) is 5.77. The molecule has 0 radical (unpaired) electrons. The maximum atomic E-state index is 12.4. The molecule has 3 amide bonds. The first-order chi connectivity index (χ1) is 12.0. The first kappa shape index (κ1) is 17.2. The second kappa shape index (κ2) is 7.07. The molecule has 25 heavy (non-hydrogen) atoms. The highest BCUT2D eigenvalue weighted by molar-refractivity contribution is 6.37. The van der Waals surface area contributed by atoms with Crippen LogP contribution in [0.15, 0.2) is 42.5 Å². The summed E-state index contributed by atoms with van der Waals surface area (Å²) < 4.78 is 0. The van der Waals surface area contributed by atoms with E-state index in [0.29, 0.717) is 5.69 Å². The highest BCUT2D eigenvalue weighted by Crippen LogP contribution is 2.29. The maximum Gasteiger partial charge on any atom is 0.263 e. The van der Waals surface area contributed by atoms with Gasteiger partial charge in [0.05, 0.1) is 16.1 Å².